The topological polar surface area (TPSA) is 44.8 Å². The van der Waals surface area contributed by atoms with Crippen LogP contribution < -0.4 is 0 Å². The van der Waals surface area contributed by atoms with Crippen molar-refractivity contribution >= 4 is 22.6 Å². The molecule has 6 heteroatoms. The number of carbonyl (C=O) groups excluding carboxylic acids is 1. The van der Waals surface area contributed by atoms with E-state index in [1.54, 1.807) is 0 Å². The highest BCUT2D eigenvalue weighted by molar-refractivity contribution is 6.78. The Morgan fingerprint density at radius 2 is 1.46 bits per heavy atom. The Morgan fingerprint density at radius 3 is 1.83 bits per heavy atom. The highest BCUT2D eigenvalue weighted by Gasteiger charge is 2.46. The Kier molecular flexibility index (Phi) is 8.41. The van der Waals surface area contributed by atoms with Crippen LogP contribution in [0.25, 0.3) is 0 Å². The van der Waals surface area contributed by atoms with Gasteiger partial charge in [0, 0.05) is 6.61 Å². The van der Waals surface area contributed by atoms with Crippen LogP contribution in [-0.2, 0) is 18.4 Å². The summed E-state index contributed by atoms with van der Waals surface area (Å²) in [5.74, 6) is -0.0257. The van der Waals surface area contributed by atoms with E-state index in [9.17, 15) is 4.79 Å². The van der Waals surface area contributed by atoms with Gasteiger partial charge in [0.2, 0.25) is 8.32 Å². The van der Waals surface area contributed by atoms with Crippen LogP contribution >= 0.6 is 0 Å². The van der Waals surface area contributed by atoms with Crippen molar-refractivity contribution in [2.24, 2.45) is 5.92 Å². The van der Waals surface area contributed by atoms with Crippen molar-refractivity contribution in [3.05, 3.63) is 0 Å². The van der Waals surface area contributed by atoms with Crippen molar-refractivity contribution in [2.75, 3.05) is 19.9 Å². The molecule has 0 aliphatic rings. The van der Waals surface area contributed by atoms with Gasteiger partial charge in [0.1, 0.15) is 0 Å². The third kappa shape index (κ3) is 6.98. The zero-order valence-corrected chi connectivity index (χ0v) is 19.8. The van der Waals surface area contributed by atoms with Gasteiger partial charge in [-0.15, -0.1) is 0 Å². The SMILES string of the molecule is COC(=O)CC(C)CO[Si](C)(CO[Si](C)(C)C(C)(C)C)C(C)(C)C. The number of carbonyl (C=O) groups is 1. The van der Waals surface area contributed by atoms with E-state index >= 15 is 0 Å². The molecule has 0 aromatic heterocycles. The van der Waals surface area contributed by atoms with Crippen molar-refractivity contribution in [3.63, 3.8) is 0 Å². The lowest BCUT2D eigenvalue weighted by Gasteiger charge is -2.44. The van der Waals surface area contributed by atoms with Crippen LogP contribution in [0.15, 0.2) is 0 Å². The lowest BCUT2D eigenvalue weighted by molar-refractivity contribution is -0.141. The van der Waals surface area contributed by atoms with E-state index in [-0.39, 0.29) is 22.0 Å². The summed E-state index contributed by atoms with van der Waals surface area (Å²) in [5, 5.41) is 0.263. The molecule has 0 heterocycles. The Hall–Kier alpha value is -0.176. The van der Waals surface area contributed by atoms with E-state index in [0.717, 1.165) is 0 Å². The normalized spacial score (nSPS) is 17.3. The first kappa shape index (κ1) is 23.8. The first-order valence-corrected chi connectivity index (χ1v) is 14.4. The number of esters is 1. The second-order valence-electron chi connectivity index (χ2n) is 9.73. The third-order valence-corrected chi connectivity index (χ3v) is 15.0. The van der Waals surface area contributed by atoms with E-state index in [0.29, 0.717) is 19.3 Å². The molecule has 24 heavy (non-hydrogen) atoms. The summed E-state index contributed by atoms with van der Waals surface area (Å²) in [6.07, 6.45) is 1.10. The van der Waals surface area contributed by atoms with Gasteiger partial charge in [0.25, 0.3) is 0 Å². The lowest BCUT2D eigenvalue weighted by atomic mass is 10.1. The number of methoxy groups -OCH3 is 1. The smallest absolute Gasteiger partial charge is 0.305 e. The minimum atomic E-state index is -2.10. The molecule has 4 nitrogen and oxygen atoms in total. The summed E-state index contributed by atoms with van der Waals surface area (Å²) in [7, 11) is -2.48. The van der Waals surface area contributed by atoms with Crippen molar-refractivity contribution in [1.29, 1.82) is 0 Å². The summed E-state index contributed by atoms with van der Waals surface area (Å²) in [6.45, 7) is 22.9. The fraction of sp³-hybridized carbons (Fsp3) is 0.944. The Bertz CT molecular complexity index is 410. The maximum atomic E-state index is 11.4. The molecule has 0 saturated carbocycles. The van der Waals surface area contributed by atoms with Crippen LogP contribution in [0, 0.1) is 5.92 Å². The molecular formula is C18H40O4Si2. The van der Waals surface area contributed by atoms with Crippen LogP contribution in [0.3, 0.4) is 0 Å². The molecule has 0 spiro atoms. The molecule has 0 aliphatic carbocycles. The zero-order valence-electron chi connectivity index (χ0n) is 17.8. The van der Waals surface area contributed by atoms with Crippen molar-refractivity contribution in [1.82, 2.24) is 0 Å². The second-order valence-corrected chi connectivity index (χ2v) is 19.1. The average molecular weight is 377 g/mol. The molecular weight excluding hydrogens is 336 g/mol. The Morgan fingerprint density at radius 1 is 0.958 bits per heavy atom. The van der Waals surface area contributed by atoms with E-state index in [2.05, 4.69) is 61.2 Å². The summed E-state index contributed by atoms with van der Waals surface area (Å²) >= 11 is 0. The average Bonchev–Trinajstić information content (AvgIpc) is 2.40. The first-order chi connectivity index (χ1) is 10.6. The van der Waals surface area contributed by atoms with Crippen molar-refractivity contribution in [2.45, 2.75) is 84.6 Å². The minimum absolute atomic E-state index is 0.0698. The minimum Gasteiger partial charge on any atom is -0.469 e. The van der Waals surface area contributed by atoms with Crippen LogP contribution in [0.4, 0.5) is 0 Å². The Balaban J connectivity index is 4.96. The van der Waals surface area contributed by atoms with Gasteiger partial charge < -0.3 is 13.6 Å². The number of hydrogen-bond donors (Lipinski definition) is 0. The number of ether oxygens (including phenoxy) is 1. The van der Waals surface area contributed by atoms with Crippen LogP contribution in [0.1, 0.15) is 54.9 Å². The first-order valence-electron chi connectivity index (χ1n) is 8.90. The van der Waals surface area contributed by atoms with Crippen LogP contribution in [0.5, 0.6) is 0 Å². The lowest BCUT2D eigenvalue weighted by Crippen LogP contribution is -2.54. The quantitative estimate of drug-likeness (QED) is 0.435. The van der Waals surface area contributed by atoms with E-state index in [1.807, 2.05) is 6.92 Å². The van der Waals surface area contributed by atoms with Crippen molar-refractivity contribution < 1.29 is 18.4 Å². The van der Waals surface area contributed by atoms with Gasteiger partial charge in [0.15, 0.2) is 8.32 Å². The molecule has 0 rings (SSSR count). The second kappa shape index (κ2) is 8.47. The van der Waals surface area contributed by atoms with Crippen molar-refractivity contribution in [3.8, 4) is 0 Å². The van der Waals surface area contributed by atoms with E-state index in [4.69, 9.17) is 13.6 Å². The van der Waals surface area contributed by atoms with Crippen LogP contribution in [0.2, 0.25) is 29.7 Å². The highest BCUT2D eigenvalue weighted by atomic mass is 28.4. The molecule has 0 amide bonds. The molecule has 0 N–H and O–H groups in total. The molecule has 2 unspecified atom stereocenters. The summed E-state index contributed by atoms with van der Waals surface area (Å²) < 4.78 is 17.7. The van der Waals surface area contributed by atoms with Gasteiger partial charge >= 0.3 is 5.97 Å². The summed E-state index contributed by atoms with van der Waals surface area (Å²) in [6, 6.07) is 0. The monoisotopic (exact) mass is 376 g/mol. The molecule has 0 radical (unpaired) electrons. The number of hydrogen-bond acceptors (Lipinski definition) is 4. The summed E-state index contributed by atoms with van der Waals surface area (Å²) in [5.41, 5.74) is 0. The van der Waals surface area contributed by atoms with Gasteiger partial charge in [-0.3, -0.25) is 4.79 Å². The molecule has 0 aromatic carbocycles. The standard InChI is InChI=1S/C18H40O4Si2/c1-15(12-16(19)20-8)13-21-24(11,18(5,6)7)14-22-23(9,10)17(2,3)4/h15H,12-14H2,1-11H3. The zero-order chi connectivity index (χ0) is 19.4. The van der Waals surface area contributed by atoms with Crippen LogP contribution in [-0.4, -0.2) is 42.6 Å². The number of rotatable bonds is 8. The van der Waals surface area contributed by atoms with E-state index < -0.39 is 16.6 Å². The van der Waals surface area contributed by atoms with Gasteiger partial charge in [-0.1, -0.05) is 48.5 Å². The maximum Gasteiger partial charge on any atom is 0.305 e. The highest BCUT2D eigenvalue weighted by Crippen LogP contribution is 2.41. The van der Waals surface area contributed by atoms with Gasteiger partial charge in [-0.05, 0) is 35.6 Å². The molecule has 0 aliphatic heterocycles. The third-order valence-electron chi connectivity index (χ3n) is 5.53. The largest absolute Gasteiger partial charge is 0.469 e. The molecule has 0 fully saturated rings. The molecule has 144 valence electrons. The fourth-order valence-electron chi connectivity index (χ4n) is 1.76. The summed E-state index contributed by atoms with van der Waals surface area (Å²) in [4.78, 5) is 11.4. The van der Waals surface area contributed by atoms with Gasteiger partial charge in [-0.25, -0.2) is 0 Å². The maximum absolute atomic E-state index is 11.4. The molecule has 0 bridgehead atoms. The molecule has 2 atom stereocenters. The predicted octanol–water partition coefficient (Wildman–Crippen LogP) is 5.14. The fourth-order valence-corrected chi connectivity index (χ4v) is 6.34. The molecule has 0 aromatic rings. The van der Waals surface area contributed by atoms with Gasteiger partial charge in [0.05, 0.1) is 19.8 Å². The predicted molar refractivity (Wildman–Crippen MR) is 106 cm³/mol. The van der Waals surface area contributed by atoms with E-state index in [1.165, 1.54) is 7.11 Å². The molecule has 0 saturated heterocycles. The Labute approximate surface area is 151 Å². The van der Waals surface area contributed by atoms with Gasteiger partial charge in [-0.2, -0.15) is 0 Å².